The average molecular weight is 296 g/mol. The van der Waals surface area contributed by atoms with Crippen molar-refractivity contribution in [2.45, 2.75) is 58.6 Å². The summed E-state index contributed by atoms with van der Waals surface area (Å²) in [6, 6.07) is 0. The molecule has 0 amide bonds. The topological polar surface area (TPSA) is 90.1 Å². The van der Waals surface area contributed by atoms with Crippen LogP contribution in [0, 0.1) is 11.8 Å². The lowest BCUT2D eigenvalue weighted by molar-refractivity contribution is -0.142. The number of ether oxygens (including phenoxy) is 1. The molecule has 1 aromatic heterocycles. The van der Waals surface area contributed by atoms with Crippen LogP contribution in [-0.2, 0) is 22.5 Å². The molecule has 1 saturated heterocycles. The molecule has 2 unspecified atom stereocenters. The van der Waals surface area contributed by atoms with Crippen LogP contribution in [0.3, 0.4) is 0 Å². The van der Waals surface area contributed by atoms with Crippen LogP contribution < -0.4 is 0 Å². The van der Waals surface area contributed by atoms with Gasteiger partial charge in [0.2, 0.25) is 0 Å². The fraction of sp³-hybridized carbons (Fsp3) is 0.857. The molecule has 7 heteroatoms. The summed E-state index contributed by atoms with van der Waals surface area (Å²) in [7, 11) is 0. The lowest BCUT2D eigenvalue weighted by atomic mass is 9.97. The molecular formula is C14H24N4O3. The van der Waals surface area contributed by atoms with Crippen molar-refractivity contribution < 1.29 is 14.6 Å². The molecule has 1 aromatic rings. The van der Waals surface area contributed by atoms with Gasteiger partial charge in [-0.05, 0) is 42.0 Å². The van der Waals surface area contributed by atoms with E-state index in [2.05, 4.69) is 15.5 Å². The largest absolute Gasteiger partial charge is 0.481 e. The lowest BCUT2D eigenvalue weighted by Crippen LogP contribution is -2.24. The summed E-state index contributed by atoms with van der Waals surface area (Å²) in [5, 5.41) is 21.0. The monoisotopic (exact) mass is 296 g/mol. The Bertz CT molecular complexity index is 455. The fourth-order valence-corrected chi connectivity index (χ4v) is 2.74. The summed E-state index contributed by atoms with van der Waals surface area (Å²) in [6.45, 7) is 5.22. The molecule has 21 heavy (non-hydrogen) atoms. The molecule has 1 aliphatic rings. The van der Waals surface area contributed by atoms with E-state index < -0.39 is 11.9 Å². The minimum absolute atomic E-state index is 0.293. The number of carbonyl (C=O) groups is 1. The highest BCUT2D eigenvalue weighted by atomic mass is 16.5. The minimum Gasteiger partial charge on any atom is -0.481 e. The van der Waals surface area contributed by atoms with Crippen molar-refractivity contribution in [3.63, 3.8) is 0 Å². The number of carboxylic acid groups (broad SMARTS) is 1. The molecule has 0 bridgehead atoms. The van der Waals surface area contributed by atoms with Crippen LogP contribution in [0.2, 0.25) is 0 Å². The van der Waals surface area contributed by atoms with E-state index in [0.29, 0.717) is 25.0 Å². The molecule has 0 aromatic carbocycles. The van der Waals surface area contributed by atoms with Crippen LogP contribution in [0.5, 0.6) is 0 Å². The molecule has 1 N–H and O–H groups in total. The molecule has 0 spiro atoms. The molecule has 0 saturated carbocycles. The maximum atomic E-state index is 11.3. The highest BCUT2D eigenvalue weighted by Gasteiger charge is 2.22. The van der Waals surface area contributed by atoms with Gasteiger partial charge in [-0.25, -0.2) is 4.68 Å². The Morgan fingerprint density at radius 3 is 2.95 bits per heavy atom. The minimum atomic E-state index is -0.788. The molecule has 118 valence electrons. The summed E-state index contributed by atoms with van der Waals surface area (Å²) in [4.78, 5) is 11.3. The summed E-state index contributed by atoms with van der Waals surface area (Å²) in [5.74, 6) is -0.155. The van der Waals surface area contributed by atoms with E-state index >= 15 is 0 Å². The van der Waals surface area contributed by atoms with Crippen molar-refractivity contribution in [3.05, 3.63) is 5.82 Å². The van der Waals surface area contributed by atoms with Gasteiger partial charge in [0, 0.05) is 13.0 Å². The van der Waals surface area contributed by atoms with Gasteiger partial charge in [-0.3, -0.25) is 4.79 Å². The maximum Gasteiger partial charge on any atom is 0.308 e. The first kappa shape index (κ1) is 15.9. The second kappa shape index (κ2) is 7.49. The van der Waals surface area contributed by atoms with Crippen molar-refractivity contribution in [3.8, 4) is 0 Å². The first-order valence-electron chi connectivity index (χ1n) is 7.65. The predicted octanol–water partition coefficient (Wildman–Crippen LogP) is 1.53. The van der Waals surface area contributed by atoms with Gasteiger partial charge in [0.25, 0.3) is 0 Å². The van der Waals surface area contributed by atoms with Crippen molar-refractivity contribution >= 4 is 5.97 Å². The van der Waals surface area contributed by atoms with E-state index in [-0.39, 0.29) is 0 Å². The lowest BCUT2D eigenvalue weighted by Gasteiger charge is -2.15. The van der Waals surface area contributed by atoms with Crippen LogP contribution in [0.15, 0.2) is 0 Å². The normalized spacial score (nSPS) is 20.0. The highest BCUT2D eigenvalue weighted by molar-refractivity contribution is 5.69. The standard InChI is InChI=1S/C14H24N4O3/c1-10(2)8-11(14(19)20)9-18-13(15-16-17-18)6-5-12-4-3-7-21-12/h10-12H,3-9H2,1-2H3,(H,19,20). The Morgan fingerprint density at radius 2 is 2.33 bits per heavy atom. The number of hydrogen-bond acceptors (Lipinski definition) is 5. The molecular weight excluding hydrogens is 272 g/mol. The third-order valence-electron chi connectivity index (χ3n) is 3.82. The number of carboxylic acids is 1. The number of rotatable bonds is 8. The number of aromatic nitrogens is 4. The van der Waals surface area contributed by atoms with Crippen molar-refractivity contribution in [1.29, 1.82) is 0 Å². The zero-order valence-corrected chi connectivity index (χ0v) is 12.7. The maximum absolute atomic E-state index is 11.3. The van der Waals surface area contributed by atoms with E-state index in [4.69, 9.17) is 4.74 Å². The molecule has 2 atom stereocenters. The number of tetrazole rings is 1. The SMILES string of the molecule is CC(C)CC(Cn1nnnc1CCC1CCCO1)C(=O)O. The van der Waals surface area contributed by atoms with Crippen molar-refractivity contribution in [1.82, 2.24) is 20.2 Å². The molecule has 0 aliphatic carbocycles. The van der Waals surface area contributed by atoms with Crippen LogP contribution in [0.4, 0.5) is 0 Å². The number of nitrogens with zero attached hydrogens (tertiary/aromatic N) is 4. The summed E-state index contributed by atoms with van der Waals surface area (Å²) in [6.07, 6.45) is 4.74. The Morgan fingerprint density at radius 1 is 1.52 bits per heavy atom. The van der Waals surface area contributed by atoms with E-state index in [1.165, 1.54) is 0 Å². The van der Waals surface area contributed by atoms with Gasteiger partial charge in [-0.1, -0.05) is 13.8 Å². The molecule has 7 nitrogen and oxygen atoms in total. The Kier molecular flexibility index (Phi) is 5.67. The van der Waals surface area contributed by atoms with E-state index in [0.717, 1.165) is 38.1 Å². The van der Waals surface area contributed by atoms with Crippen LogP contribution in [0.25, 0.3) is 0 Å². The highest BCUT2D eigenvalue weighted by Crippen LogP contribution is 2.18. The van der Waals surface area contributed by atoms with Crippen LogP contribution in [0.1, 0.15) is 45.4 Å². The van der Waals surface area contributed by atoms with Gasteiger partial charge < -0.3 is 9.84 Å². The molecule has 2 heterocycles. The van der Waals surface area contributed by atoms with E-state index in [1.54, 1.807) is 4.68 Å². The molecule has 1 fully saturated rings. The quantitative estimate of drug-likeness (QED) is 0.782. The first-order valence-corrected chi connectivity index (χ1v) is 7.65. The van der Waals surface area contributed by atoms with Gasteiger partial charge in [0.05, 0.1) is 18.6 Å². The number of aliphatic carboxylic acids is 1. The summed E-state index contributed by atoms with van der Waals surface area (Å²) >= 11 is 0. The van der Waals surface area contributed by atoms with E-state index in [9.17, 15) is 9.90 Å². The van der Waals surface area contributed by atoms with Crippen molar-refractivity contribution in [2.24, 2.45) is 11.8 Å². The number of hydrogen-bond donors (Lipinski definition) is 1. The van der Waals surface area contributed by atoms with Crippen LogP contribution >= 0.6 is 0 Å². The smallest absolute Gasteiger partial charge is 0.308 e. The van der Waals surface area contributed by atoms with Gasteiger partial charge in [-0.15, -0.1) is 5.10 Å². The third kappa shape index (κ3) is 4.77. The Labute approximate surface area is 124 Å². The average Bonchev–Trinajstić information content (AvgIpc) is 3.05. The van der Waals surface area contributed by atoms with Gasteiger partial charge >= 0.3 is 5.97 Å². The predicted molar refractivity (Wildman–Crippen MR) is 75.7 cm³/mol. The zero-order chi connectivity index (χ0) is 15.2. The van der Waals surface area contributed by atoms with Crippen molar-refractivity contribution in [2.75, 3.05) is 6.61 Å². The Balaban J connectivity index is 1.92. The molecule has 2 rings (SSSR count). The second-order valence-electron chi connectivity index (χ2n) is 6.12. The first-order chi connectivity index (χ1) is 10.1. The van der Waals surface area contributed by atoms with Gasteiger partial charge in [0.15, 0.2) is 5.82 Å². The number of aryl methyl sites for hydroxylation is 1. The van der Waals surface area contributed by atoms with Gasteiger partial charge in [0.1, 0.15) is 0 Å². The van der Waals surface area contributed by atoms with Crippen LogP contribution in [-0.4, -0.2) is 44.0 Å². The zero-order valence-electron chi connectivity index (χ0n) is 12.7. The molecule has 0 radical (unpaired) electrons. The summed E-state index contributed by atoms with van der Waals surface area (Å²) in [5.41, 5.74) is 0. The second-order valence-corrected chi connectivity index (χ2v) is 6.12. The summed E-state index contributed by atoms with van der Waals surface area (Å²) < 4.78 is 7.23. The fourth-order valence-electron chi connectivity index (χ4n) is 2.74. The van der Waals surface area contributed by atoms with E-state index in [1.807, 2.05) is 13.8 Å². The molecule has 1 aliphatic heterocycles. The Hall–Kier alpha value is -1.50. The third-order valence-corrected chi connectivity index (χ3v) is 3.82. The van der Waals surface area contributed by atoms with Gasteiger partial charge in [-0.2, -0.15) is 0 Å².